The van der Waals surface area contributed by atoms with Crippen LogP contribution in [0, 0.1) is 0 Å². The third-order valence-corrected chi connectivity index (χ3v) is 3.17. The molecule has 3 nitrogen and oxygen atoms in total. The number of benzene rings is 1. The van der Waals surface area contributed by atoms with Crippen LogP contribution in [-0.4, -0.2) is 12.6 Å². The Labute approximate surface area is 114 Å². The highest BCUT2D eigenvalue weighted by Gasteiger charge is 2.27. The van der Waals surface area contributed by atoms with Crippen LogP contribution in [0.3, 0.4) is 0 Å². The monoisotopic (exact) mass is 319 g/mol. The molecule has 0 bridgehead atoms. The van der Waals surface area contributed by atoms with Gasteiger partial charge in [0.05, 0.1) is 18.6 Å². The zero-order valence-corrected chi connectivity index (χ0v) is 12.1. The van der Waals surface area contributed by atoms with Gasteiger partial charge >= 0.3 is 5.97 Å². The molecule has 0 saturated heterocycles. The smallest absolute Gasteiger partial charge is 0.307 e. The number of halogens is 2. The van der Waals surface area contributed by atoms with E-state index in [0.29, 0.717) is 11.6 Å². The lowest BCUT2D eigenvalue weighted by molar-refractivity contribution is -0.144. The molecule has 94 valence electrons. The summed E-state index contributed by atoms with van der Waals surface area (Å²) < 4.78 is 5.76. The summed E-state index contributed by atoms with van der Waals surface area (Å²) in [6, 6.07) is 5.41. The number of hydrogen-bond acceptors (Lipinski definition) is 3. The van der Waals surface area contributed by atoms with Crippen LogP contribution in [0.2, 0.25) is 5.02 Å². The Morgan fingerprint density at radius 3 is 2.76 bits per heavy atom. The van der Waals surface area contributed by atoms with E-state index in [1.54, 1.807) is 19.9 Å². The summed E-state index contributed by atoms with van der Waals surface area (Å²) in [5.41, 5.74) is 6.02. The topological polar surface area (TPSA) is 52.3 Å². The van der Waals surface area contributed by atoms with Crippen LogP contribution in [0.1, 0.15) is 25.8 Å². The van der Waals surface area contributed by atoms with Gasteiger partial charge in [0.15, 0.2) is 0 Å². The molecule has 0 heterocycles. The van der Waals surface area contributed by atoms with Gasteiger partial charge in [-0.3, -0.25) is 4.79 Å². The second-order valence-corrected chi connectivity index (χ2v) is 5.35. The van der Waals surface area contributed by atoms with Crippen LogP contribution < -0.4 is 5.73 Å². The highest BCUT2D eigenvalue weighted by Crippen LogP contribution is 2.31. The molecule has 17 heavy (non-hydrogen) atoms. The van der Waals surface area contributed by atoms with Crippen molar-refractivity contribution in [1.82, 2.24) is 0 Å². The van der Waals surface area contributed by atoms with E-state index in [2.05, 4.69) is 15.9 Å². The molecule has 0 spiro atoms. The van der Waals surface area contributed by atoms with Gasteiger partial charge in [0.25, 0.3) is 0 Å². The minimum Gasteiger partial charge on any atom is -0.466 e. The Hall–Kier alpha value is -0.580. The Bertz CT molecular complexity index is 421. The highest BCUT2D eigenvalue weighted by molar-refractivity contribution is 9.10. The maximum atomic E-state index is 11.5. The van der Waals surface area contributed by atoms with Crippen molar-refractivity contribution in [3.8, 4) is 0 Å². The van der Waals surface area contributed by atoms with Crippen molar-refractivity contribution in [3.05, 3.63) is 33.3 Å². The van der Waals surface area contributed by atoms with Gasteiger partial charge in [-0.05, 0) is 31.5 Å². The van der Waals surface area contributed by atoms with Gasteiger partial charge in [-0.1, -0.05) is 33.6 Å². The van der Waals surface area contributed by atoms with Crippen molar-refractivity contribution >= 4 is 33.5 Å². The second-order valence-electron chi connectivity index (χ2n) is 4.02. The summed E-state index contributed by atoms with van der Waals surface area (Å²) in [5, 5.41) is 0.536. The highest BCUT2D eigenvalue weighted by atomic mass is 79.9. The Morgan fingerprint density at radius 1 is 1.59 bits per heavy atom. The van der Waals surface area contributed by atoms with Crippen LogP contribution >= 0.6 is 27.5 Å². The number of rotatable bonds is 4. The van der Waals surface area contributed by atoms with Gasteiger partial charge in [-0.25, -0.2) is 0 Å². The molecule has 5 heteroatoms. The maximum absolute atomic E-state index is 11.5. The number of carbonyl (C=O) groups excluding carboxylic acids is 1. The molecule has 0 amide bonds. The minimum atomic E-state index is -0.829. The second kappa shape index (κ2) is 5.85. The first-order chi connectivity index (χ1) is 7.86. The average Bonchev–Trinajstić information content (AvgIpc) is 2.15. The number of carbonyl (C=O) groups is 1. The van der Waals surface area contributed by atoms with Gasteiger partial charge in [0.1, 0.15) is 0 Å². The summed E-state index contributed by atoms with van der Waals surface area (Å²) >= 11 is 9.43. The number of hydrogen-bond donors (Lipinski definition) is 1. The fourth-order valence-corrected chi connectivity index (χ4v) is 2.45. The van der Waals surface area contributed by atoms with E-state index in [0.717, 1.165) is 10.0 Å². The molecular formula is C12H15BrClNO2. The van der Waals surface area contributed by atoms with E-state index in [4.69, 9.17) is 22.1 Å². The quantitative estimate of drug-likeness (QED) is 0.867. The predicted molar refractivity (Wildman–Crippen MR) is 71.9 cm³/mol. The molecular weight excluding hydrogens is 305 g/mol. The van der Waals surface area contributed by atoms with E-state index >= 15 is 0 Å². The van der Waals surface area contributed by atoms with Crippen molar-refractivity contribution in [3.63, 3.8) is 0 Å². The molecule has 0 aromatic heterocycles. The summed E-state index contributed by atoms with van der Waals surface area (Å²) in [6.45, 7) is 3.88. The Kier molecular flexibility index (Phi) is 4.98. The lowest BCUT2D eigenvalue weighted by atomic mass is 9.90. The number of nitrogens with two attached hydrogens (primary N) is 1. The fraction of sp³-hybridized carbons (Fsp3) is 0.417. The lowest BCUT2D eigenvalue weighted by Gasteiger charge is -2.25. The normalized spacial score (nSPS) is 14.2. The van der Waals surface area contributed by atoms with E-state index in [1.807, 2.05) is 12.1 Å². The minimum absolute atomic E-state index is 0.0994. The number of ether oxygens (including phenoxy) is 1. The average molecular weight is 321 g/mol. The van der Waals surface area contributed by atoms with Crippen LogP contribution in [-0.2, 0) is 15.1 Å². The Morgan fingerprint density at radius 2 is 2.24 bits per heavy atom. The molecule has 0 aliphatic heterocycles. The van der Waals surface area contributed by atoms with Gasteiger partial charge in [-0.2, -0.15) is 0 Å². The maximum Gasteiger partial charge on any atom is 0.307 e. The summed E-state index contributed by atoms with van der Waals surface area (Å²) in [5.74, 6) is -0.323. The predicted octanol–water partition coefficient (Wildman–Crippen LogP) is 3.23. The first kappa shape index (κ1) is 14.5. The first-order valence-corrected chi connectivity index (χ1v) is 6.44. The largest absolute Gasteiger partial charge is 0.466 e. The summed E-state index contributed by atoms with van der Waals surface area (Å²) in [6.07, 6.45) is 0.0994. The fourth-order valence-electron chi connectivity index (χ4n) is 1.56. The van der Waals surface area contributed by atoms with Gasteiger partial charge in [0, 0.05) is 9.50 Å². The molecule has 2 N–H and O–H groups in total. The van der Waals surface area contributed by atoms with E-state index < -0.39 is 5.54 Å². The molecule has 0 aliphatic rings. The first-order valence-electron chi connectivity index (χ1n) is 5.27. The standard InChI is InChI=1S/C12H15BrClNO2/c1-3-17-11(16)7-12(2,15)9-5-4-8(13)6-10(9)14/h4-6H,3,7,15H2,1-2H3. The Balaban J connectivity index is 2.92. The molecule has 1 atom stereocenters. The van der Waals surface area contributed by atoms with Gasteiger partial charge in [-0.15, -0.1) is 0 Å². The third-order valence-electron chi connectivity index (χ3n) is 2.36. The van der Waals surface area contributed by atoms with E-state index in [-0.39, 0.29) is 12.4 Å². The van der Waals surface area contributed by atoms with Crippen molar-refractivity contribution in [2.24, 2.45) is 5.73 Å². The van der Waals surface area contributed by atoms with E-state index in [9.17, 15) is 4.79 Å². The summed E-state index contributed by atoms with van der Waals surface area (Å²) in [4.78, 5) is 11.5. The lowest BCUT2D eigenvalue weighted by Crippen LogP contribution is -2.36. The molecule has 1 unspecified atom stereocenters. The third kappa shape index (κ3) is 3.98. The number of esters is 1. The van der Waals surface area contributed by atoms with Crippen molar-refractivity contribution in [2.75, 3.05) is 6.61 Å². The molecule has 0 radical (unpaired) electrons. The van der Waals surface area contributed by atoms with Crippen molar-refractivity contribution in [2.45, 2.75) is 25.8 Å². The van der Waals surface area contributed by atoms with Crippen molar-refractivity contribution in [1.29, 1.82) is 0 Å². The van der Waals surface area contributed by atoms with E-state index in [1.165, 1.54) is 0 Å². The zero-order chi connectivity index (χ0) is 13.1. The molecule has 0 aliphatic carbocycles. The molecule has 0 fully saturated rings. The van der Waals surface area contributed by atoms with Crippen LogP contribution in [0.15, 0.2) is 22.7 Å². The molecule has 0 saturated carbocycles. The molecule has 1 aromatic rings. The van der Waals surface area contributed by atoms with Gasteiger partial charge < -0.3 is 10.5 Å². The zero-order valence-electron chi connectivity index (χ0n) is 9.80. The summed E-state index contributed by atoms with van der Waals surface area (Å²) in [7, 11) is 0. The molecule has 1 rings (SSSR count). The van der Waals surface area contributed by atoms with Crippen LogP contribution in [0.25, 0.3) is 0 Å². The van der Waals surface area contributed by atoms with Crippen LogP contribution in [0.5, 0.6) is 0 Å². The van der Waals surface area contributed by atoms with Crippen molar-refractivity contribution < 1.29 is 9.53 Å². The molecule has 1 aromatic carbocycles. The SMILES string of the molecule is CCOC(=O)CC(C)(N)c1ccc(Br)cc1Cl. The van der Waals surface area contributed by atoms with Crippen LogP contribution in [0.4, 0.5) is 0 Å². The van der Waals surface area contributed by atoms with Gasteiger partial charge in [0.2, 0.25) is 0 Å².